The zero-order valence-electron chi connectivity index (χ0n) is 16.5. The first-order chi connectivity index (χ1) is 13.1. The van der Waals surface area contributed by atoms with E-state index in [1.807, 2.05) is 24.0 Å². The molecule has 1 amide bonds. The molecule has 0 saturated carbocycles. The van der Waals surface area contributed by atoms with Crippen LogP contribution in [0.5, 0.6) is 0 Å². The SMILES string of the molecule is CCc1cc(N2CCCC2)c(Nc2ccc3c(n2)C(=O)N(CC)C3)cc1C. The molecule has 2 aliphatic heterocycles. The van der Waals surface area contributed by atoms with Crippen molar-refractivity contribution in [2.75, 3.05) is 29.9 Å². The van der Waals surface area contributed by atoms with Crippen LogP contribution in [0.2, 0.25) is 0 Å². The van der Waals surface area contributed by atoms with Crippen LogP contribution < -0.4 is 10.2 Å². The number of hydrogen-bond acceptors (Lipinski definition) is 4. The fourth-order valence-electron chi connectivity index (χ4n) is 4.13. The lowest BCUT2D eigenvalue weighted by Crippen LogP contribution is -2.23. The molecule has 0 bridgehead atoms. The predicted octanol–water partition coefficient (Wildman–Crippen LogP) is 4.27. The van der Waals surface area contributed by atoms with Crippen molar-refractivity contribution >= 4 is 23.1 Å². The van der Waals surface area contributed by atoms with E-state index in [9.17, 15) is 4.79 Å². The van der Waals surface area contributed by atoms with Crippen LogP contribution in [0.3, 0.4) is 0 Å². The Morgan fingerprint density at radius 3 is 2.63 bits per heavy atom. The van der Waals surface area contributed by atoms with Gasteiger partial charge in [-0.3, -0.25) is 4.79 Å². The summed E-state index contributed by atoms with van der Waals surface area (Å²) in [5.74, 6) is 0.776. The summed E-state index contributed by atoms with van der Waals surface area (Å²) in [6, 6.07) is 8.56. The molecule has 1 N–H and O–H groups in total. The van der Waals surface area contributed by atoms with Gasteiger partial charge in [0.2, 0.25) is 0 Å². The highest BCUT2D eigenvalue weighted by Gasteiger charge is 2.28. The highest BCUT2D eigenvalue weighted by atomic mass is 16.2. The molecular weight excluding hydrogens is 336 g/mol. The Balaban J connectivity index is 1.68. The lowest BCUT2D eigenvalue weighted by Gasteiger charge is -2.24. The third kappa shape index (κ3) is 3.27. The Morgan fingerprint density at radius 1 is 1.15 bits per heavy atom. The summed E-state index contributed by atoms with van der Waals surface area (Å²) in [5, 5.41) is 3.50. The first kappa shape index (κ1) is 17.8. The van der Waals surface area contributed by atoms with Crippen LogP contribution in [0, 0.1) is 6.92 Å². The standard InChI is InChI=1S/C22H28N4O/c1-4-16-13-19(26-10-6-7-11-26)18(12-15(16)3)23-20-9-8-17-14-25(5-2)22(27)21(17)24-20/h8-9,12-13H,4-7,10-11,14H2,1-3H3,(H,23,24). The van der Waals surface area contributed by atoms with Gasteiger partial charge in [-0.25, -0.2) is 4.98 Å². The Bertz CT molecular complexity index is 871. The molecule has 0 spiro atoms. The van der Waals surface area contributed by atoms with E-state index in [1.165, 1.54) is 29.7 Å². The molecule has 142 valence electrons. The van der Waals surface area contributed by atoms with E-state index in [2.05, 4.69) is 41.2 Å². The fraction of sp³-hybridized carbons (Fsp3) is 0.455. The minimum Gasteiger partial charge on any atom is -0.370 e. The van der Waals surface area contributed by atoms with Crippen LogP contribution in [0.25, 0.3) is 0 Å². The molecule has 1 saturated heterocycles. The Labute approximate surface area is 161 Å². The van der Waals surface area contributed by atoms with Crippen molar-refractivity contribution in [2.45, 2.75) is 46.6 Å². The van der Waals surface area contributed by atoms with Crippen molar-refractivity contribution in [1.29, 1.82) is 0 Å². The van der Waals surface area contributed by atoms with Gasteiger partial charge in [0.1, 0.15) is 11.5 Å². The minimum atomic E-state index is 0.0356. The molecule has 1 aromatic heterocycles. The van der Waals surface area contributed by atoms with Crippen molar-refractivity contribution in [2.24, 2.45) is 0 Å². The maximum absolute atomic E-state index is 12.5. The largest absolute Gasteiger partial charge is 0.370 e. The Kier molecular flexibility index (Phi) is 4.77. The van der Waals surface area contributed by atoms with Gasteiger partial charge in [0.15, 0.2) is 0 Å². The van der Waals surface area contributed by atoms with Gasteiger partial charge in [-0.2, -0.15) is 0 Å². The molecule has 0 aliphatic carbocycles. The summed E-state index contributed by atoms with van der Waals surface area (Å²) < 4.78 is 0. The second kappa shape index (κ2) is 7.22. The van der Waals surface area contributed by atoms with E-state index in [0.29, 0.717) is 12.2 Å². The fourth-order valence-corrected chi connectivity index (χ4v) is 4.13. The number of aryl methyl sites for hydroxylation is 2. The summed E-state index contributed by atoms with van der Waals surface area (Å²) in [5.41, 5.74) is 6.61. The molecule has 0 atom stereocenters. The first-order valence-electron chi connectivity index (χ1n) is 10.1. The third-order valence-corrected chi connectivity index (χ3v) is 5.76. The maximum atomic E-state index is 12.5. The molecule has 5 heteroatoms. The summed E-state index contributed by atoms with van der Waals surface area (Å²) >= 11 is 0. The predicted molar refractivity (Wildman–Crippen MR) is 110 cm³/mol. The van der Waals surface area contributed by atoms with Crippen LogP contribution in [-0.4, -0.2) is 35.4 Å². The van der Waals surface area contributed by atoms with Crippen molar-refractivity contribution in [3.8, 4) is 0 Å². The number of benzene rings is 1. The van der Waals surface area contributed by atoms with E-state index in [1.54, 1.807) is 0 Å². The van der Waals surface area contributed by atoms with Gasteiger partial charge in [0.05, 0.1) is 11.4 Å². The number of aromatic nitrogens is 1. The van der Waals surface area contributed by atoms with Gasteiger partial charge in [-0.1, -0.05) is 13.0 Å². The number of carbonyl (C=O) groups excluding carboxylic acids is 1. The smallest absolute Gasteiger partial charge is 0.273 e. The molecule has 0 radical (unpaired) electrons. The lowest BCUT2D eigenvalue weighted by atomic mass is 10.0. The number of fused-ring (bicyclic) bond motifs is 1. The summed E-state index contributed by atoms with van der Waals surface area (Å²) in [7, 11) is 0. The molecule has 3 heterocycles. The molecule has 5 nitrogen and oxygen atoms in total. The van der Waals surface area contributed by atoms with Gasteiger partial charge in [0.25, 0.3) is 5.91 Å². The van der Waals surface area contributed by atoms with Crippen LogP contribution in [-0.2, 0) is 13.0 Å². The topological polar surface area (TPSA) is 48.5 Å². The van der Waals surface area contributed by atoms with Crippen molar-refractivity contribution in [3.05, 3.63) is 46.6 Å². The molecule has 2 aliphatic rings. The minimum absolute atomic E-state index is 0.0356. The average Bonchev–Trinajstić information content (AvgIpc) is 3.30. The number of carbonyl (C=O) groups is 1. The maximum Gasteiger partial charge on any atom is 0.273 e. The van der Waals surface area contributed by atoms with Gasteiger partial charge >= 0.3 is 0 Å². The van der Waals surface area contributed by atoms with Crippen molar-refractivity contribution < 1.29 is 4.79 Å². The lowest BCUT2D eigenvalue weighted by molar-refractivity contribution is 0.0783. The van der Waals surface area contributed by atoms with Gasteiger partial charge in [-0.15, -0.1) is 0 Å². The number of anilines is 3. The van der Waals surface area contributed by atoms with Crippen LogP contribution in [0.4, 0.5) is 17.2 Å². The summed E-state index contributed by atoms with van der Waals surface area (Å²) in [6.45, 7) is 9.96. The highest BCUT2D eigenvalue weighted by molar-refractivity contribution is 5.97. The first-order valence-corrected chi connectivity index (χ1v) is 10.1. The van der Waals surface area contributed by atoms with Crippen molar-refractivity contribution in [3.63, 3.8) is 0 Å². The highest BCUT2D eigenvalue weighted by Crippen LogP contribution is 2.34. The summed E-state index contributed by atoms with van der Waals surface area (Å²) in [4.78, 5) is 21.4. The van der Waals surface area contributed by atoms with Crippen molar-refractivity contribution in [1.82, 2.24) is 9.88 Å². The quantitative estimate of drug-likeness (QED) is 0.861. The second-order valence-corrected chi connectivity index (χ2v) is 7.49. The van der Waals surface area contributed by atoms with Gasteiger partial charge in [-0.05, 0) is 62.4 Å². The van der Waals surface area contributed by atoms with E-state index in [-0.39, 0.29) is 5.91 Å². The van der Waals surface area contributed by atoms with Gasteiger partial charge < -0.3 is 15.1 Å². The van der Waals surface area contributed by atoms with Gasteiger partial charge in [0, 0.05) is 31.7 Å². The van der Waals surface area contributed by atoms with E-state index >= 15 is 0 Å². The number of nitrogens with one attached hydrogen (secondary N) is 1. The molecule has 4 rings (SSSR count). The van der Waals surface area contributed by atoms with Crippen LogP contribution in [0.1, 0.15) is 53.9 Å². The summed E-state index contributed by atoms with van der Waals surface area (Å²) in [6.07, 6.45) is 3.52. The zero-order chi connectivity index (χ0) is 19.0. The van der Waals surface area contributed by atoms with Crippen LogP contribution in [0.15, 0.2) is 24.3 Å². The normalized spacial score (nSPS) is 16.2. The molecular formula is C22H28N4O. The number of nitrogens with zero attached hydrogens (tertiary/aromatic N) is 3. The third-order valence-electron chi connectivity index (χ3n) is 5.76. The molecule has 1 fully saturated rings. The molecule has 0 unspecified atom stereocenters. The second-order valence-electron chi connectivity index (χ2n) is 7.49. The molecule has 2 aromatic rings. The van der Waals surface area contributed by atoms with E-state index in [0.717, 1.165) is 43.1 Å². The van der Waals surface area contributed by atoms with Crippen LogP contribution >= 0.6 is 0 Å². The Hall–Kier alpha value is -2.56. The van der Waals surface area contributed by atoms with E-state index in [4.69, 9.17) is 0 Å². The average molecular weight is 364 g/mol. The number of rotatable bonds is 5. The Morgan fingerprint density at radius 2 is 1.93 bits per heavy atom. The monoisotopic (exact) mass is 364 g/mol. The number of hydrogen-bond donors (Lipinski definition) is 1. The molecule has 1 aromatic carbocycles. The van der Waals surface area contributed by atoms with E-state index < -0.39 is 0 Å². The number of amides is 1. The zero-order valence-corrected chi connectivity index (χ0v) is 16.5. The molecule has 27 heavy (non-hydrogen) atoms. The number of pyridine rings is 1.